The van der Waals surface area contributed by atoms with Crippen molar-refractivity contribution in [3.05, 3.63) is 95.7 Å². The van der Waals surface area contributed by atoms with Gasteiger partial charge < -0.3 is 4.43 Å². The molecule has 149 valence electrons. The zero-order chi connectivity index (χ0) is 20.9. The Labute approximate surface area is 176 Å². The summed E-state index contributed by atoms with van der Waals surface area (Å²) in [4.78, 5) is 9.55. The molecule has 0 fully saturated rings. The monoisotopic (exact) mass is 401 g/mol. The zero-order valence-electron chi connectivity index (χ0n) is 17.9. The molecule has 1 heterocycles. The molecule has 0 spiro atoms. The van der Waals surface area contributed by atoms with E-state index in [9.17, 15) is 0 Å². The van der Waals surface area contributed by atoms with Crippen LogP contribution in [0.25, 0.3) is 0 Å². The molecule has 1 aromatic heterocycles. The van der Waals surface area contributed by atoms with E-state index < -0.39 is 9.04 Å². The lowest BCUT2D eigenvalue weighted by atomic mass is 9.85. The first kappa shape index (κ1) is 21.2. The molecule has 0 bridgehead atoms. The van der Waals surface area contributed by atoms with E-state index in [2.05, 4.69) is 69.2 Å². The summed E-state index contributed by atoms with van der Waals surface area (Å²) in [6.07, 6.45) is 1.94. The molecule has 3 aromatic rings. The largest absolute Gasteiger partial charge is 0.410 e. The van der Waals surface area contributed by atoms with Crippen LogP contribution in [0.5, 0.6) is 0 Å². The standard InChI is InChI=1S/C25H29N2OSi/c1-25(2,3)24(28-29(4)5)21-16-17-22(26-18-21)27-23(19-12-8-6-9-13-19)20-14-10-7-11-15-20/h6-18,24H,1-5H3. The Morgan fingerprint density at radius 1 is 0.862 bits per heavy atom. The third kappa shape index (κ3) is 5.72. The van der Waals surface area contributed by atoms with E-state index >= 15 is 0 Å². The number of aliphatic imine (C=N–C) groups is 1. The molecular weight excluding hydrogens is 372 g/mol. The Balaban J connectivity index is 1.97. The topological polar surface area (TPSA) is 34.5 Å². The van der Waals surface area contributed by atoms with Gasteiger partial charge in [0.15, 0.2) is 5.82 Å². The third-order valence-corrected chi connectivity index (χ3v) is 5.24. The molecule has 0 amide bonds. The van der Waals surface area contributed by atoms with Gasteiger partial charge in [0.25, 0.3) is 0 Å². The number of pyridine rings is 1. The second-order valence-electron chi connectivity index (χ2n) is 8.41. The van der Waals surface area contributed by atoms with Crippen LogP contribution >= 0.6 is 0 Å². The van der Waals surface area contributed by atoms with Gasteiger partial charge in [0.05, 0.1) is 11.8 Å². The molecule has 29 heavy (non-hydrogen) atoms. The van der Waals surface area contributed by atoms with Crippen molar-refractivity contribution in [2.45, 2.75) is 40.0 Å². The van der Waals surface area contributed by atoms with Crippen LogP contribution in [0.3, 0.4) is 0 Å². The molecule has 3 rings (SSSR count). The fourth-order valence-corrected chi connectivity index (χ4v) is 4.16. The van der Waals surface area contributed by atoms with E-state index in [0.29, 0.717) is 5.82 Å². The first-order chi connectivity index (χ1) is 13.8. The third-order valence-electron chi connectivity index (χ3n) is 4.53. The Kier molecular flexibility index (Phi) is 6.78. The Morgan fingerprint density at radius 3 is 1.83 bits per heavy atom. The summed E-state index contributed by atoms with van der Waals surface area (Å²) >= 11 is 0. The summed E-state index contributed by atoms with van der Waals surface area (Å²) in [6.45, 7) is 11.0. The number of aromatic nitrogens is 1. The molecule has 0 saturated carbocycles. The van der Waals surface area contributed by atoms with Crippen LogP contribution in [0.1, 0.15) is 43.6 Å². The number of rotatable bonds is 6. The van der Waals surface area contributed by atoms with Gasteiger partial charge in [-0.05, 0) is 30.1 Å². The van der Waals surface area contributed by atoms with Crippen LogP contribution in [0.15, 0.2) is 84.0 Å². The predicted octanol–water partition coefficient (Wildman–Crippen LogP) is 6.61. The highest BCUT2D eigenvalue weighted by Gasteiger charge is 2.28. The molecular formula is C25H29N2OSi. The molecule has 0 aliphatic rings. The summed E-state index contributed by atoms with van der Waals surface area (Å²) in [5.74, 6) is 0.697. The first-order valence-corrected chi connectivity index (χ1v) is 12.4. The van der Waals surface area contributed by atoms with Crippen LogP contribution in [0.4, 0.5) is 5.82 Å². The molecule has 1 radical (unpaired) electrons. The smallest absolute Gasteiger partial charge is 0.205 e. The van der Waals surface area contributed by atoms with Crippen LogP contribution in [0.2, 0.25) is 13.1 Å². The number of hydrogen-bond donors (Lipinski definition) is 0. The lowest BCUT2D eigenvalue weighted by Gasteiger charge is -2.32. The van der Waals surface area contributed by atoms with E-state index in [4.69, 9.17) is 9.42 Å². The highest BCUT2D eigenvalue weighted by atomic mass is 28.3. The molecule has 3 nitrogen and oxygen atoms in total. The summed E-state index contributed by atoms with van der Waals surface area (Å²) in [5, 5.41) is 0. The van der Waals surface area contributed by atoms with Gasteiger partial charge in [-0.2, -0.15) is 0 Å². The maximum atomic E-state index is 6.29. The van der Waals surface area contributed by atoms with E-state index in [0.717, 1.165) is 22.4 Å². The Hall–Kier alpha value is -2.56. The Bertz CT molecular complexity index is 889. The summed E-state index contributed by atoms with van der Waals surface area (Å²) in [7, 11) is -0.818. The van der Waals surface area contributed by atoms with Gasteiger partial charge in [-0.25, -0.2) is 9.98 Å². The average molecular weight is 402 g/mol. The zero-order valence-corrected chi connectivity index (χ0v) is 18.9. The molecule has 0 aliphatic carbocycles. The van der Waals surface area contributed by atoms with Crippen molar-refractivity contribution in [2.24, 2.45) is 10.4 Å². The second-order valence-corrected chi connectivity index (χ2v) is 10.5. The lowest BCUT2D eigenvalue weighted by Crippen LogP contribution is -2.25. The van der Waals surface area contributed by atoms with Crippen molar-refractivity contribution >= 4 is 20.6 Å². The SMILES string of the molecule is C[Si](C)OC(c1ccc(N=C(c2ccccc2)c2ccccc2)nc1)C(C)(C)C. The molecule has 1 unspecified atom stereocenters. The van der Waals surface area contributed by atoms with E-state index in [1.54, 1.807) is 0 Å². The fraction of sp³-hybridized carbons (Fsp3) is 0.280. The van der Waals surface area contributed by atoms with Crippen LogP contribution in [-0.4, -0.2) is 19.7 Å². The molecule has 1 atom stereocenters. The number of benzene rings is 2. The van der Waals surface area contributed by atoms with Crippen molar-refractivity contribution in [2.75, 3.05) is 0 Å². The minimum atomic E-state index is -0.818. The van der Waals surface area contributed by atoms with Crippen LogP contribution in [0, 0.1) is 5.41 Å². The average Bonchev–Trinajstić information content (AvgIpc) is 2.71. The maximum absolute atomic E-state index is 6.29. The van der Waals surface area contributed by atoms with Gasteiger partial charge in [-0.1, -0.05) is 87.5 Å². The lowest BCUT2D eigenvalue weighted by molar-refractivity contribution is 0.0863. The van der Waals surface area contributed by atoms with Crippen LogP contribution < -0.4 is 0 Å². The van der Waals surface area contributed by atoms with Gasteiger partial charge in [0, 0.05) is 17.3 Å². The van der Waals surface area contributed by atoms with Crippen molar-refractivity contribution in [1.29, 1.82) is 0 Å². The summed E-state index contributed by atoms with van der Waals surface area (Å²) < 4.78 is 6.29. The molecule has 4 heteroatoms. The van der Waals surface area contributed by atoms with Gasteiger partial charge in [-0.3, -0.25) is 0 Å². The molecule has 0 aliphatic heterocycles. The van der Waals surface area contributed by atoms with E-state index in [1.807, 2.05) is 48.7 Å². The summed E-state index contributed by atoms with van der Waals surface area (Å²) in [5.41, 5.74) is 4.17. The highest BCUT2D eigenvalue weighted by Crippen LogP contribution is 2.36. The van der Waals surface area contributed by atoms with Crippen molar-refractivity contribution < 1.29 is 4.43 Å². The molecule has 0 saturated heterocycles. The first-order valence-electron chi connectivity index (χ1n) is 9.97. The van der Waals surface area contributed by atoms with Gasteiger partial charge in [-0.15, -0.1) is 0 Å². The molecule has 2 aromatic carbocycles. The van der Waals surface area contributed by atoms with Crippen molar-refractivity contribution in [1.82, 2.24) is 4.98 Å². The molecule has 0 N–H and O–H groups in total. The predicted molar refractivity (Wildman–Crippen MR) is 123 cm³/mol. The maximum Gasteiger partial charge on any atom is 0.205 e. The second kappa shape index (κ2) is 9.29. The van der Waals surface area contributed by atoms with Crippen molar-refractivity contribution in [3.8, 4) is 0 Å². The van der Waals surface area contributed by atoms with Gasteiger partial charge in [0.1, 0.15) is 0 Å². The van der Waals surface area contributed by atoms with Gasteiger partial charge >= 0.3 is 0 Å². The highest BCUT2D eigenvalue weighted by molar-refractivity contribution is 6.48. The Morgan fingerprint density at radius 2 is 1.41 bits per heavy atom. The van der Waals surface area contributed by atoms with E-state index in [-0.39, 0.29) is 11.5 Å². The normalized spacial score (nSPS) is 12.6. The summed E-state index contributed by atoms with van der Waals surface area (Å²) in [6, 6.07) is 24.6. The minimum Gasteiger partial charge on any atom is -0.410 e. The van der Waals surface area contributed by atoms with Crippen molar-refractivity contribution in [3.63, 3.8) is 0 Å². The fourth-order valence-electron chi connectivity index (χ4n) is 3.20. The minimum absolute atomic E-state index is 0.00758. The van der Waals surface area contributed by atoms with E-state index in [1.165, 1.54) is 0 Å². The number of nitrogens with zero attached hydrogens (tertiary/aromatic N) is 2. The van der Waals surface area contributed by atoms with Gasteiger partial charge in [0.2, 0.25) is 9.04 Å². The van der Waals surface area contributed by atoms with Crippen LogP contribution in [-0.2, 0) is 4.43 Å². The number of hydrogen-bond acceptors (Lipinski definition) is 3. The quantitative estimate of drug-likeness (QED) is 0.344.